The Morgan fingerprint density at radius 3 is 2.56 bits per heavy atom. The van der Waals surface area contributed by atoms with Crippen molar-refractivity contribution in [2.75, 3.05) is 26.9 Å². The van der Waals surface area contributed by atoms with Crippen molar-refractivity contribution in [1.29, 1.82) is 0 Å². The lowest BCUT2D eigenvalue weighted by Crippen LogP contribution is -2.06. The molecule has 0 aliphatic carbocycles. The van der Waals surface area contributed by atoms with Crippen LogP contribution in [-0.2, 0) is 22.6 Å². The molecule has 0 saturated heterocycles. The van der Waals surface area contributed by atoms with Crippen LogP contribution in [0.1, 0.15) is 24.5 Å². The number of hydrogen-bond acceptors (Lipinski definition) is 4. The molecule has 0 saturated carbocycles. The van der Waals surface area contributed by atoms with Crippen LogP contribution in [0.2, 0.25) is 0 Å². The molecule has 2 N–H and O–H groups in total. The number of ether oxygens (including phenoxy) is 3. The molecule has 102 valence electrons. The highest BCUT2D eigenvalue weighted by Gasteiger charge is 2.02. The molecule has 1 aromatic carbocycles. The molecule has 4 heteroatoms. The SMILES string of the molecule is CCCOCCOCc1ccc(OC)c(CN)c1. The summed E-state index contributed by atoms with van der Waals surface area (Å²) in [6.07, 6.45) is 1.04. The van der Waals surface area contributed by atoms with Gasteiger partial charge in [0, 0.05) is 18.7 Å². The van der Waals surface area contributed by atoms with Gasteiger partial charge < -0.3 is 19.9 Å². The minimum absolute atomic E-state index is 0.469. The van der Waals surface area contributed by atoms with E-state index in [9.17, 15) is 0 Å². The maximum Gasteiger partial charge on any atom is 0.123 e. The van der Waals surface area contributed by atoms with Gasteiger partial charge in [-0.25, -0.2) is 0 Å². The van der Waals surface area contributed by atoms with E-state index in [4.69, 9.17) is 19.9 Å². The molecule has 0 radical (unpaired) electrons. The summed E-state index contributed by atoms with van der Waals surface area (Å²) in [6.45, 7) is 5.19. The molecule has 0 unspecified atom stereocenters. The fourth-order valence-electron chi connectivity index (χ4n) is 1.64. The highest BCUT2D eigenvalue weighted by molar-refractivity contribution is 5.36. The fourth-order valence-corrected chi connectivity index (χ4v) is 1.64. The van der Waals surface area contributed by atoms with Crippen molar-refractivity contribution in [3.8, 4) is 5.75 Å². The van der Waals surface area contributed by atoms with Gasteiger partial charge in [-0.05, 0) is 24.1 Å². The molecule has 18 heavy (non-hydrogen) atoms. The Labute approximate surface area is 109 Å². The molecule has 0 fully saturated rings. The molecule has 4 nitrogen and oxygen atoms in total. The van der Waals surface area contributed by atoms with Gasteiger partial charge in [-0.3, -0.25) is 0 Å². The van der Waals surface area contributed by atoms with E-state index in [2.05, 4.69) is 6.92 Å². The zero-order valence-corrected chi connectivity index (χ0v) is 11.3. The number of hydrogen-bond donors (Lipinski definition) is 1. The molecule has 0 spiro atoms. The molecule has 0 atom stereocenters. The van der Waals surface area contributed by atoms with E-state index in [1.165, 1.54) is 0 Å². The summed E-state index contributed by atoms with van der Waals surface area (Å²) in [5.74, 6) is 0.826. The summed E-state index contributed by atoms with van der Waals surface area (Å²) >= 11 is 0. The first-order chi connectivity index (χ1) is 8.81. The lowest BCUT2D eigenvalue weighted by molar-refractivity contribution is 0.0408. The van der Waals surface area contributed by atoms with Crippen LogP contribution in [0.4, 0.5) is 0 Å². The average Bonchev–Trinajstić information content (AvgIpc) is 2.42. The second kappa shape index (κ2) is 8.91. The molecule has 0 bridgehead atoms. The quantitative estimate of drug-likeness (QED) is 0.685. The Balaban J connectivity index is 2.34. The minimum atomic E-state index is 0.469. The third kappa shape index (κ3) is 5.04. The van der Waals surface area contributed by atoms with Gasteiger partial charge in [0.15, 0.2) is 0 Å². The van der Waals surface area contributed by atoms with Gasteiger partial charge in [-0.15, -0.1) is 0 Å². The Morgan fingerprint density at radius 1 is 1.11 bits per heavy atom. The van der Waals surface area contributed by atoms with E-state index in [-0.39, 0.29) is 0 Å². The lowest BCUT2D eigenvalue weighted by Gasteiger charge is -2.10. The Morgan fingerprint density at radius 2 is 1.89 bits per heavy atom. The average molecular weight is 253 g/mol. The summed E-state index contributed by atoms with van der Waals surface area (Å²) in [6, 6.07) is 5.94. The highest BCUT2D eigenvalue weighted by atomic mass is 16.5. The first kappa shape index (κ1) is 15.0. The van der Waals surface area contributed by atoms with Crippen LogP contribution in [-0.4, -0.2) is 26.9 Å². The van der Waals surface area contributed by atoms with Crippen LogP contribution >= 0.6 is 0 Å². The maximum absolute atomic E-state index is 5.66. The summed E-state index contributed by atoms with van der Waals surface area (Å²) in [7, 11) is 1.65. The second-order valence-corrected chi connectivity index (χ2v) is 4.02. The van der Waals surface area contributed by atoms with Crippen molar-refractivity contribution >= 4 is 0 Å². The van der Waals surface area contributed by atoms with Gasteiger partial charge in [0.2, 0.25) is 0 Å². The van der Waals surface area contributed by atoms with E-state index in [1.54, 1.807) is 7.11 Å². The first-order valence-corrected chi connectivity index (χ1v) is 6.33. The standard InChI is InChI=1S/C14H23NO3/c1-3-6-17-7-8-18-11-12-4-5-14(16-2)13(9-12)10-15/h4-5,9H,3,6-8,10-11,15H2,1-2H3. The smallest absolute Gasteiger partial charge is 0.123 e. The second-order valence-electron chi connectivity index (χ2n) is 4.02. The monoisotopic (exact) mass is 253 g/mol. The van der Waals surface area contributed by atoms with Gasteiger partial charge in [-0.1, -0.05) is 13.0 Å². The Hall–Kier alpha value is -1.10. The van der Waals surface area contributed by atoms with E-state index in [0.717, 1.165) is 29.9 Å². The van der Waals surface area contributed by atoms with Crippen LogP contribution in [0, 0.1) is 0 Å². The summed E-state index contributed by atoms with van der Waals surface area (Å²) < 4.78 is 16.1. The topological polar surface area (TPSA) is 53.7 Å². The molecule has 0 heterocycles. The van der Waals surface area contributed by atoms with E-state index < -0.39 is 0 Å². The third-order valence-electron chi connectivity index (χ3n) is 2.55. The van der Waals surface area contributed by atoms with Crippen molar-refractivity contribution in [1.82, 2.24) is 0 Å². The lowest BCUT2D eigenvalue weighted by atomic mass is 10.1. The molecule has 0 aliphatic heterocycles. The minimum Gasteiger partial charge on any atom is -0.496 e. The van der Waals surface area contributed by atoms with Gasteiger partial charge >= 0.3 is 0 Å². The van der Waals surface area contributed by atoms with Gasteiger partial charge in [0.25, 0.3) is 0 Å². The largest absolute Gasteiger partial charge is 0.496 e. The zero-order chi connectivity index (χ0) is 13.2. The van der Waals surface area contributed by atoms with Crippen LogP contribution in [0.5, 0.6) is 5.75 Å². The van der Waals surface area contributed by atoms with E-state index in [1.807, 2.05) is 18.2 Å². The van der Waals surface area contributed by atoms with Crippen molar-refractivity contribution in [2.45, 2.75) is 26.5 Å². The first-order valence-electron chi connectivity index (χ1n) is 6.33. The summed E-state index contributed by atoms with van der Waals surface area (Å²) in [5, 5.41) is 0. The van der Waals surface area contributed by atoms with Crippen molar-refractivity contribution < 1.29 is 14.2 Å². The predicted molar refractivity (Wildman–Crippen MR) is 71.7 cm³/mol. The van der Waals surface area contributed by atoms with E-state index in [0.29, 0.717) is 26.4 Å². The Kier molecular flexibility index (Phi) is 7.41. The highest BCUT2D eigenvalue weighted by Crippen LogP contribution is 2.19. The van der Waals surface area contributed by atoms with Gasteiger partial charge in [-0.2, -0.15) is 0 Å². The Bertz CT molecular complexity index is 342. The maximum atomic E-state index is 5.66. The molecule has 0 aliphatic rings. The predicted octanol–water partition coefficient (Wildman–Crippen LogP) is 2.10. The normalized spacial score (nSPS) is 10.6. The number of benzene rings is 1. The summed E-state index contributed by atoms with van der Waals surface area (Å²) in [4.78, 5) is 0. The molecule has 0 aromatic heterocycles. The van der Waals surface area contributed by atoms with E-state index >= 15 is 0 Å². The molecular formula is C14H23NO3. The van der Waals surface area contributed by atoms with Crippen LogP contribution in [0.3, 0.4) is 0 Å². The molecule has 1 rings (SSSR count). The van der Waals surface area contributed by atoms with Gasteiger partial charge in [0.1, 0.15) is 5.75 Å². The number of rotatable bonds is 9. The number of nitrogens with two attached hydrogens (primary N) is 1. The number of methoxy groups -OCH3 is 1. The van der Waals surface area contributed by atoms with Crippen molar-refractivity contribution in [2.24, 2.45) is 5.73 Å². The molecule has 1 aromatic rings. The molecule has 0 amide bonds. The van der Waals surface area contributed by atoms with Crippen molar-refractivity contribution in [3.63, 3.8) is 0 Å². The van der Waals surface area contributed by atoms with Crippen LogP contribution in [0.25, 0.3) is 0 Å². The van der Waals surface area contributed by atoms with Crippen LogP contribution < -0.4 is 10.5 Å². The fraction of sp³-hybridized carbons (Fsp3) is 0.571. The zero-order valence-electron chi connectivity index (χ0n) is 11.3. The van der Waals surface area contributed by atoms with Gasteiger partial charge in [0.05, 0.1) is 26.9 Å². The molecular weight excluding hydrogens is 230 g/mol. The summed E-state index contributed by atoms with van der Waals surface area (Å²) in [5.41, 5.74) is 7.77. The van der Waals surface area contributed by atoms with Crippen molar-refractivity contribution in [3.05, 3.63) is 29.3 Å². The third-order valence-corrected chi connectivity index (χ3v) is 2.55. The van der Waals surface area contributed by atoms with Crippen LogP contribution in [0.15, 0.2) is 18.2 Å².